The van der Waals surface area contributed by atoms with Gasteiger partial charge in [-0.25, -0.2) is 0 Å². The summed E-state index contributed by atoms with van der Waals surface area (Å²) in [5, 5.41) is 3.45. The molecule has 0 bridgehead atoms. The first-order valence-electron chi connectivity index (χ1n) is 5.85. The highest BCUT2D eigenvalue weighted by atomic mass is 16.5. The minimum atomic E-state index is 0.247. The molecule has 0 aliphatic carbocycles. The maximum absolute atomic E-state index is 5.45. The fourth-order valence-electron chi connectivity index (χ4n) is 2.67. The van der Waals surface area contributed by atoms with E-state index in [1.165, 1.54) is 19.4 Å². The van der Waals surface area contributed by atoms with Gasteiger partial charge in [-0.3, -0.25) is 4.90 Å². The molecule has 0 radical (unpaired) electrons. The predicted molar refractivity (Wildman–Crippen MR) is 59.1 cm³/mol. The Morgan fingerprint density at radius 2 is 1.80 bits per heavy atom. The highest BCUT2D eigenvalue weighted by molar-refractivity contribution is 4.91. The van der Waals surface area contributed by atoms with E-state index in [1.54, 1.807) is 14.2 Å². The number of piperidine rings is 1. The highest BCUT2D eigenvalue weighted by Gasteiger charge is 2.36. The number of nitrogens with zero attached hydrogens (tertiary/aromatic N) is 1. The maximum atomic E-state index is 5.45. The van der Waals surface area contributed by atoms with Gasteiger partial charge in [-0.05, 0) is 19.4 Å². The number of rotatable bonds is 3. The van der Waals surface area contributed by atoms with Crippen LogP contribution in [0.25, 0.3) is 0 Å². The van der Waals surface area contributed by atoms with Crippen molar-refractivity contribution < 1.29 is 9.47 Å². The van der Waals surface area contributed by atoms with Gasteiger partial charge in [0.1, 0.15) is 0 Å². The Bertz CT molecular complexity index is 183. The van der Waals surface area contributed by atoms with Gasteiger partial charge in [-0.15, -0.1) is 0 Å². The van der Waals surface area contributed by atoms with Gasteiger partial charge in [-0.1, -0.05) is 0 Å². The summed E-state index contributed by atoms with van der Waals surface area (Å²) in [5.41, 5.74) is 0. The van der Waals surface area contributed by atoms with E-state index in [0.29, 0.717) is 6.04 Å². The predicted octanol–water partition coefficient (Wildman–Crippen LogP) is 0.0840. The summed E-state index contributed by atoms with van der Waals surface area (Å²) in [6, 6.07) is 0.677. The molecule has 4 heteroatoms. The highest BCUT2D eigenvalue weighted by Crippen LogP contribution is 2.21. The van der Waals surface area contributed by atoms with Crippen molar-refractivity contribution in [1.82, 2.24) is 10.2 Å². The van der Waals surface area contributed by atoms with Crippen molar-refractivity contribution in [3.8, 4) is 0 Å². The quantitative estimate of drug-likeness (QED) is 0.721. The van der Waals surface area contributed by atoms with Gasteiger partial charge in [0.2, 0.25) is 0 Å². The molecule has 0 aromatic carbocycles. The lowest BCUT2D eigenvalue weighted by Gasteiger charge is -2.31. The molecule has 3 atom stereocenters. The van der Waals surface area contributed by atoms with E-state index in [0.717, 1.165) is 19.6 Å². The molecular weight excluding hydrogens is 192 g/mol. The Labute approximate surface area is 91.9 Å². The molecule has 15 heavy (non-hydrogen) atoms. The van der Waals surface area contributed by atoms with Crippen LogP contribution in [0.2, 0.25) is 0 Å². The average Bonchev–Trinajstić information content (AvgIpc) is 2.73. The number of likely N-dealkylation sites (tertiary alicyclic amines) is 1. The number of methoxy groups -OCH3 is 2. The van der Waals surface area contributed by atoms with Gasteiger partial charge in [-0.2, -0.15) is 0 Å². The summed E-state index contributed by atoms with van der Waals surface area (Å²) >= 11 is 0. The minimum absolute atomic E-state index is 0.247. The van der Waals surface area contributed by atoms with E-state index in [-0.39, 0.29) is 12.2 Å². The molecule has 2 aliphatic heterocycles. The van der Waals surface area contributed by atoms with Gasteiger partial charge in [0.25, 0.3) is 0 Å². The zero-order valence-corrected chi connectivity index (χ0v) is 9.74. The second-order valence-corrected chi connectivity index (χ2v) is 4.50. The summed E-state index contributed by atoms with van der Waals surface area (Å²) in [6.07, 6.45) is 3.09. The topological polar surface area (TPSA) is 33.7 Å². The second kappa shape index (κ2) is 5.25. The monoisotopic (exact) mass is 214 g/mol. The van der Waals surface area contributed by atoms with Crippen LogP contribution < -0.4 is 5.32 Å². The van der Waals surface area contributed by atoms with Crippen LogP contribution in [0.5, 0.6) is 0 Å². The maximum Gasteiger partial charge on any atom is 0.0971 e. The lowest BCUT2D eigenvalue weighted by atomic mass is 10.1. The Hall–Kier alpha value is -0.160. The fraction of sp³-hybridized carbons (Fsp3) is 1.00. The molecule has 0 aromatic heterocycles. The van der Waals surface area contributed by atoms with E-state index in [1.807, 2.05) is 0 Å². The summed E-state index contributed by atoms with van der Waals surface area (Å²) in [4.78, 5) is 2.51. The van der Waals surface area contributed by atoms with Crippen LogP contribution in [0.1, 0.15) is 12.8 Å². The van der Waals surface area contributed by atoms with Crippen molar-refractivity contribution in [2.24, 2.45) is 0 Å². The molecule has 4 nitrogen and oxygen atoms in total. The molecule has 2 aliphatic rings. The van der Waals surface area contributed by atoms with Crippen molar-refractivity contribution in [3.63, 3.8) is 0 Å². The van der Waals surface area contributed by atoms with Crippen LogP contribution in [0, 0.1) is 0 Å². The largest absolute Gasteiger partial charge is 0.377 e. The van der Waals surface area contributed by atoms with Crippen LogP contribution in [0.3, 0.4) is 0 Å². The molecule has 2 saturated heterocycles. The molecule has 0 aromatic rings. The molecule has 2 heterocycles. The van der Waals surface area contributed by atoms with Crippen molar-refractivity contribution in [1.29, 1.82) is 0 Å². The van der Waals surface area contributed by atoms with E-state index < -0.39 is 0 Å². The standard InChI is InChI=1S/C11H22N2O2/c1-14-10-7-13(8-11(10)15-2)9-4-3-5-12-6-9/h9-12H,3-8H2,1-2H3. The van der Waals surface area contributed by atoms with Crippen molar-refractivity contribution in [2.45, 2.75) is 31.1 Å². The Balaban J connectivity index is 1.88. The third-order valence-corrected chi connectivity index (χ3v) is 3.64. The summed E-state index contributed by atoms with van der Waals surface area (Å²) < 4.78 is 10.9. The molecule has 0 amide bonds. The van der Waals surface area contributed by atoms with E-state index in [4.69, 9.17) is 9.47 Å². The molecule has 2 fully saturated rings. The van der Waals surface area contributed by atoms with Crippen LogP contribution in [-0.4, -0.2) is 63.5 Å². The summed E-state index contributed by atoms with van der Waals surface area (Å²) in [7, 11) is 3.55. The lowest BCUT2D eigenvalue weighted by molar-refractivity contribution is -0.00461. The molecule has 0 spiro atoms. The first kappa shape index (κ1) is 11.3. The first-order chi connectivity index (χ1) is 7.35. The van der Waals surface area contributed by atoms with E-state index in [9.17, 15) is 0 Å². The zero-order valence-electron chi connectivity index (χ0n) is 9.74. The SMILES string of the molecule is COC1CN(C2CCCNC2)CC1OC. The van der Waals surface area contributed by atoms with Crippen LogP contribution in [0.15, 0.2) is 0 Å². The number of nitrogens with one attached hydrogen (secondary N) is 1. The molecular formula is C11H22N2O2. The van der Waals surface area contributed by atoms with Crippen LogP contribution in [0.4, 0.5) is 0 Å². The van der Waals surface area contributed by atoms with Gasteiger partial charge >= 0.3 is 0 Å². The molecule has 2 rings (SSSR count). The summed E-state index contributed by atoms with van der Waals surface area (Å²) in [5.74, 6) is 0. The van der Waals surface area contributed by atoms with Gasteiger partial charge in [0, 0.05) is 39.9 Å². The molecule has 3 unspecified atom stereocenters. The zero-order chi connectivity index (χ0) is 10.7. The first-order valence-corrected chi connectivity index (χ1v) is 5.85. The second-order valence-electron chi connectivity index (χ2n) is 4.50. The molecule has 88 valence electrons. The smallest absolute Gasteiger partial charge is 0.0971 e. The van der Waals surface area contributed by atoms with Gasteiger partial charge in [0.05, 0.1) is 12.2 Å². The fourth-order valence-corrected chi connectivity index (χ4v) is 2.67. The lowest BCUT2D eigenvalue weighted by Crippen LogP contribution is -2.45. The van der Waals surface area contributed by atoms with Crippen molar-refractivity contribution in [2.75, 3.05) is 40.4 Å². The number of hydrogen-bond acceptors (Lipinski definition) is 4. The van der Waals surface area contributed by atoms with Crippen molar-refractivity contribution in [3.05, 3.63) is 0 Å². The van der Waals surface area contributed by atoms with Crippen molar-refractivity contribution >= 4 is 0 Å². The van der Waals surface area contributed by atoms with Gasteiger partial charge < -0.3 is 14.8 Å². The normalized spacial score (nSPS) is 38.4. The average molecular weight is 214 g/mol. The molecule has 1 N–H and O–H groups in total. The van der Waals surface area contributed by atoms with Crippen LogP contribution >= 0.6 is 0 Å². The Morgan fingerprint density at radius 1 is 1.13 bits per heavy atom. The van der Waals surface area contributed by atoms with E-state index in [2.05, 4.69) is 10.2 Å². The van der Waals surface area contributed by atoms with Crippen LogP contribution in [-0.2, 0) is 9.47 Å². The van der Waals surface area contributed by atoms with E-state index >= 15 is 0 Å². The molecule has 0 saturated carbocycles. The number of ether oxygens (including phenoxy) is 2. The third kappa shape index (κ3) is 2.50. The third-order valence-electron chi connectivity index (χ3n) is 3.64. The minimum Gasteiger partial charge on any atom is -0.377 e. The summed E-state index contributed by atoms with van der Waals surface area (Å²) in [6.45, 7) is 4.32. The number of hydrogen-bond donors (Lipinski definition) is 1. The Morgan fingerprint density at radius 3 is 2.27 bits per heavy atom. The Kier molecular flexibility index (Phi) is 3.97. The van der Waals surface area contributed by atoms with Gasteiger partial charge in [0.15, 0.2) is 0 Å².